The average molecular weight is 342 g/mol. The van der Waals surface area contributed by atoms with Gasteiger partial charge in [-0.2, -0.15) is 0 Å². The fraction of sp³-hybridized carbons (Fsp3) is 0.316. The number of carbonyl (C=O) groups excluding carboxylic acids is 2. The van der Waals surface area contributed by atoms with Crippen molar-refractivity contribution in [2.45, 2.75) is 33.8 Å². The Bertz CT molecular complexity index is 779. The van der Waals surface area contributed by atoms with Crippen LogP contribution in [0.2, 0.25) is 0 Å². The van der Waals surface area contributed by atoms with Crippen LogP contribution in [0.25, 0.3) is 0 Å². The number of amides is 1. The Morgan fingerprint density at radius 3 is 2.36 bits per heavy atom. The van der Waals surface area contributed by atoms with E-state index in [2.05, 4.69) is 10.3 Å². The van der Waals surface area contributed by atoms with Crippen molar-refractivity contribution in [3.63, 3.8) is 0 Å². The van der Waals surface area contributed by atoms with E-state index >= 15 is 0 Å². The van der Waals surface area contributed by atoms with Crippen molar-refractivity contribution in [3.05, 3.63) is 52.7 Å². The van der Waals surface area contributed by atoms with Gasteiger partial charge in [0.2, 0.25) is 5.88 Å². The van der Waals surface area contributed by atoms with E-state index in [0.29, 0.717) is 5.88 Å². The van der Waals surface area contributed by atoms with Gasteiger partial charge in [-0.05, 0) is 44.9 Å². The molecule has 132 valence electrons. The topological polar surface area (TPSA) is 77.5 Å². The molecule has 1 heterocycles. The van der Waals surface area contributed by atoms with Gasteiger partial charge in [-0.3, -0.25) is 4.79 Å². The third kappa shape index (κ3) is 4.56. The van der Waals surface area contributed by atoms with Crippen LogP contribution in [0.5, 0.6) is 5.88 Å². The summed E-state index contributed by atoms with van der Waals surface area (Å²) in [4.78, 5) is 28.5. The molecular formula is C19H22N2O4. The molecule has 6 heteroatoms. The number of benzene rings is 1. The molecule has 0 spiro atoms. The Morgan fingerprint density at radius 2 is 1.76 bits per heavy atom. The molecule has 2 aromatic rings. The van der Waals surface area contributed by atoms with E-state index in [0.717, 1.165) is 22.4 Å². The van der Waals surface area contributed by atoms with E-state index in [4.69, 9.17) is 9.47 Å². The lowest BCUT2D eigenvalue weighted by Crippen LogP contribution is -2.30. The fourth-order valence-electron chi connectivity index (χ4n) is 2.53. The summed E-state index contributed by atoms with van der Waals surface area (Å²) in [5, 5.41) is 2.83. The lowest BCUT2D eigenvalue weighted by atomic mass is 10.0. The molecule has 6 nitrogen and oxygen atoms in total. The number of nitrogens with zero attached hydrogens (tertiary/aromatic N) is 1. The molecule has 0 saturated carbocycles. The van der Waals surface area contributed by atoms with Crippen LogP contribution in [-0.2, 0) is 9.53 Å². The number of hydrogen-bond acceptors (Lipinski definition) is 5. The molecule has 0 aliphatic carbocycles. The zero-order valence-corrected chi connectivity index (χ0v) is 15.0. The van der Waals surface area contributed by atoms with Crippen LogP contribution >= 0.6 is 0 Å². The number of nitrogens with one attached hydrogen (secondary N) is 1. The summed E-state index contributed by atoms with van der Waals surface area (Å²) in [7, 11) is 1.46. The quantitative estimate of drug-likeness (QED) is 0.844. The molecule has 0 fully saturated rings. The summed E-state index contributed by atoms with van der Waals surface area (Å²) < 4.78 is 10.2. The zero-order valence-electron chi connectivity index (χ0n) is 15.0. The predicted octanol–water partition coefficient (Wildman–Crippen LogP) is 3.20. The first-order valence-electron chi connectivity index (χ1n) is 7.91. The van der Waals surface area contributed by atoms with E-state index < -0.39 is 12.1 Å². The Balaban J connectivity index is 2.06. The first-order chi connectivity index (χ1) is 11.8. The maximum atomic E-state index is 12.4. The highest BCUT2D eigenvalue weighted by molar-refractivity contribution is 5.98. The maximum absolute atomic E-state index is 12.4. The average Bonchev–Trinajstić information content (AvgIpc) is 2.57. The van der Waals surface area contributed by atoms with Crippen molar-refractivity contribution in [3.8, 4) is 5.88 Å². The van der Waals surface area contributed by atoms with Crippen molar-refractivity contribution in [2.75, 3.05) is 12.4 Å². The molecule has 0 radical (unpaired) electrons. The minimum Gasteiger partial charge on any atom is -0.481 e. The zero-order chi connectivity index (χ0) is 18.6. The number of aryl methyl sites for hydroxylation is 3. The summed E-state index contributed by atoms with van der Waals surface area (Å²) >= 11 is 0. The van der Waals surface area contributed by atoms with E-state index in [1.165, 1.54) is 32.4 Å². The largest absolute Gasteiger partial charge is 0.481 e. The number of methoxy groups -OCH3 is 1. The summed E-state index contributed by atoms with van der Waals surface area (Å²) in [6, 6.07) is 6.94. The number of esters is 1. The standard InChI is InChI=1S/C19H22N2O4/c1-11-8-12(2)17(13(3)9-11)21-18(22)14(4)25-19(23)15-6-7-20-16(10-15)24-5/h6-10,14H,1-5H3,(H,21,22)/t14-/m0/s1. The van der Waals surface area contributed by atoms with Crippen LogP contribution in [0.4, 0.5) is 5.69 Å². The van der Waals surface area contributed by atoms with Gasteiger partial charge in [-0.1, -0.05) is 17.7 Å². The molecule has 0 bridgehead atoms. The van der Waals surface area contributed by atoms with Crippen LogP contribution < -0.4 is 10.1 Å². The van der Waals surface area contributed by atoms with Crippen molar-refractivity contribution in [2.24, 2.45) is 0 Å². The van der Waals surface area contributed by atoms with Gasteiger partial charge in [0, 0.05) is 18.0 Å². The highest BCUT2D eigenvalue weighted by atomic mass is 16.5. The molecule has 1 aromatic carbocycles. The summed E-state index contributed by atoms with van der Waals surface area (Å²) in [6.07, 6.45) is 0.505. The number of anilines is 1. The molecule has 0 unspecified atom stereocenters. The van der Waals surface area contributed by atoms with Crippen molar-refractivity contribution in [1.29, 1.82) is 0 Å². The van der Waals surface area contributed by atoms with Gasteiger partial charge in [0.15, 0.2) is 6.10 Å². The number of hydrogen-bond donors (Lipinski definition) is 1. The second-order valence-electron chi connectivity index (χ2n) is 5.90. The van der Waals surface area contributed by atoms with Gasteiger partial charge in [0.25, 0.3) is 5.91 Å². The van der Waals surface area contributed by atoms with Crippen LogP contribution in [0, 0.1) is 20.8 Å². The van der Waals surface area contributed by atoms with E-state index in [1.54, 1.807) is 0 Å². The molecule has 1 aromatic heterocycles. The molecular weight excluding hydrogens is 320 g/mol. The van der Waals surface area contributed by atoms with Crippen molar-refractivity contribution < 1.29 is 19.1 Å². The Labute approximate surface area is 147 Å². The molecule has 0 aliphatic rings. The van der Waals surface area contributed by atoms with Crippen molar-refractivity contribution >= 4 is 17.6 Å². The summed E-state index contributed by atoms with van der Waals surface area (Å²) in [5.41, 5.74) is 4.06. The number of aromatic nitrogens is 1. The molecule has 25 heavy (non-hydrogen) atoms. The minimum absolute atomic E-state index is 0.272. The number of ether oxygens (including phenoxy) is 2. The fourth-order valence-corrected chi connectivity index (χ4v) is 2.53. The highest BCUT2D eigenvalue weighted by Gasteiger charge is 2.20. The van der Waals surface area contributed by atoms with Gasteiger partial charge in [-0.15, -0.1) is 0 Å². The lowest BCUT2D eigenvalue weighted by molar-refractivity contribution is -0.123. The second kappa shape index (κ2) is 7.79. The molecule has 0 aliphatic heterocycles. The Kier molecular flexibility index (Phi) is 5.75. The second-order valence-corrected chi connectivity index (χ2v) is 5.90. The van der Waals surface area contributed by atoms with Crippen LogP contribution in [-0.4, -0.2) is 30.1 Å². The lowest BCUT2D eigenvalue weighted by Gasteiger charge is -2.17. The predicted molar refractivity (Wildman–Crippen MR) is 94.9 cm³/mol. The van der Waals surface area contributed by atoms with E-state index in [9.17, 15) is 9.59 Å². The third-order valence-corrected chi connectivity index (χ3v) is 3.76. The Hall–Kier alpha value is -2.89. The van der Waals surface area contributed by atoms with Gasteiger partial charge in [0.05, 0.1) is 12.7 Å². The molecule has 0 saturated heterocycles. The van der Waals surface area contributed by atoms with Gasteiger partial charge < -0.3 is 14.8 Å². The SMILES string of the molecule is COc1cc(C(=O)O[C@@H](C)C(=O)Nc2c(C)cc(C)cc2C)ccn1. The maximum Gasteiger partial charge on any atom is 0.339 e. The van der Waals surface area contributed by atoms with E-state index in [-0.39, 0.29) is 11.5 Å². The first kappa shape index (κ1) is 18.4. The third-order valence-electron chi connectivity index (χ3n) is 3.76. The smallest absolute Gasteiger partial charge is 0.339 e. The summed E-state index contributed by atoms with van der Waals surface area (Å²) in [6.45, 7) is 7.38. The van der Waals surface area contributed by atoms with Crippen molar-refractivity contribution in [1.82, 2.24) is 4.98 Å². The van der Waals surface area contributed by atoms with Crippen LogP contribution in [0.15, 0.2) is 30.5 Å². The molecule has 2 rings (SSSR count). The van der Waals surface area contributed by atoms with Crippen LogP contribution in [0.1, 0.15) is 34.0 Å². The van der Waals surface area contributed by atoms with Gasteiger partial charge >= 0.3 is 5.97 Å². The first-order valence-corrected chi connectivity index (χ1v) is 7.91. The highest BCUT2D eigenvalue weighted by Crippen LogP contribution is 2.22. The molecule has 1 atom stereocenters. The van der Waals surface area contributed by atoms with E-state index in [1.807, 2.05) is 32.9 Å². The number of pyridine rings is 1. The number of carbonyl (C=O) groups is 2. The van der Waals surface area contributed by atoms with Gasteiger partial charge in [0.1, 0.15) is 0 Å². The molecule has 1 amide bonds. The molecule has 1 N–H and O–H groups in total. The normalized spacial score (nSPS) is 11.6. The van der Waals surface area contributed by atoms with Gasteiger partial charge in [-0.25, -0.2) is 9.78 Å². The summed E-state index contributed by atoms with van der Waals surface area (Å²) in [5.74, 6) is -0.692. The Morgan fingerprint density at radius 1 is 1.12 bits per heavy atom. The monoisotopic (exact) mass is 342 g/mol. The van der Waals surface area contributed by atoms with Crippen LogP contribution in [0.3, 0.4) is 0 Å². The minimum atomic E-state index is -0.938. The number of rotatable bonds is 5.